The van der Waals surface area contributed by atoms with E-state index in [0.29, 0.717) is 45.0 Å². The molecule has 204 valence electrons. The lowest BCUT2D eigenvalue weighted by atomic mass is 10.1. The molecule has 3 atom stereocenters. The molecule has 0 spiro atoms. The molecule has 0 amide bonds. The van der Waals surface area contributed by atoms with Crippen LogP contribution in [0, 0.1) is 6.92 Å². The summed E-state index contributed by atoms with van der Waals surface area (Å²) in [6.07, 6.45) is 3.09. The van der Waals surface area contributed by atoms with Gasteiger partial charge >= 0.3 is 5.97 Å². The average Bonchev–Trinajstić information content (AvgIpc) is 3.55. The Kier molecular flexibility index (Phi) is 7.94. The lowest BCUT2D eigenvalue weighted by Gasteiger charge is -2.26. The molecule has 0 bridgehead atoms. The van der Waals surface area contributed by atoms with E-state index in [9.17, 15) is 14.7 Å². The summed E-state index contributed by atoms with van der Waals surface area (Å²) in [5, 5.41) is 13.4. The second kappa shape index (κ2) is 11.4. The van der Waals surface area contributed by atoms with E-state index in [1.807, 2.05) is 31.3 Å². The van der Waals surface area contributed by atoms with Crippen LogP contribution in [0.25, 0.3) is 22.4 Å². The number of nitrogens with one attached hydrogen (secondary N) is 1. The summed E-state index contributed by atoms with van der Waals surface area (Å²) in [7, 11) is 1.76. The maximum Gasteiger partial charge on any atom is 0.326 e. The smallest absolute Gasteiger partial charge is 0.326 e. The number of aliphatic hydroxyl groups is 1. The van der Waals surface area contributed by atoms with Crippen LogP contribution in [0.5, 0.6) is 0 Å². The zero-order valence-electron chi connectivity index (χ0n) is 22.2. The first kappa shape index (κ1) is 26.6. The predicted molar refractivity (Wildman–Crippen MR) is 142 cm³/mol. The van der Waals surface area contributed by atoms with Gasteiger partial charge in [-0.3, -0.25) is 14.9 Å². The quantitative estimate of drug-likeness (QED) is 0.431. The third kappa shape index (κ3) is 5.54. The number of carbonyl (C=O) groups excluding carboxylic acids is 1. The van der Waals surface area contributed by atoms with E-state index < -0.39 is 18.1 Å². The minimum absolute atomic E-state index is 0.0255. The van der Waals surface area contributed by atoms with Gasteiger partial charge in [0, 0.05) is 56.6 Å². The first-order chi connectivity index (χ1) is 18.3. The Hall–Kier alpha value is -3.05. The zero-order chi connectivity index (χ0) is 26.8. The number of hydrogen-bond donors (Lipinski definition) is 2. The fraction of sp³-hybridized carbons (Fsp3) is 0.536. The Bertz CT molecular complexity index is 1330. The Morgan fingerprint density at radius 1 is 1.21 bits per heavy atom. The number of ether oxygens (including phenoxy) is 3. The Morgan fingerprint density at radius 3 is 2.66 bits per heavy atom. The Morgan fingerprint density at radius 2 is 1.97 bits per heavy atom. The van der Waals surface area contributed by atoms with Crippen molar-refractivity contribution in [3.8, 4) is 11.4 Å². The van der Waals surface area contributed by atoms with Crippen LogP contribution in [0.3, 0.4) is 0 Å². The third-order valence-corrected chi connectivity index (χ3v) is 7.36. The average molecular weight is 525 g/mol. The molecular formula is C28H36N4O6. The molecule has 38 heavy (non-hydrogen) atoms. The van der Waals surface area contributed by atoms with E-state index in [0.717, 1.165) is 40.8 Å². The monoisotopic (exact) mass is 524 g/mol. The van der Waals surface area contributed by atoms with E-state index in [1.165, 1.54) is 0 Å². The first-order valence-corrected chi connectivity index (χ1v) is 13.3. The van der Waals surface area contributed by atoms with Gasteiger partial charge in [-0.15, -0.1) is 0 Å². The second-order valence-electron chi connectivity index (χ2n) is 10.3. The normalized spacial score (nSPS) is 20.1. The second-order valence-corrected chi connectivity index (χ2v) is 10.3. The molecule has 10 nitrogen and oxygen atoms in total. The molecule has 4 heterocycles. The van der Waals surface area contributed by atoms with Crippen molar-refractivity contribution >= 4 is 17.0 Å². The van der Waals surface area contributed by atoms with Gasteiger partial charge in [-0.2, -0.15) is 0 Å². The van der Waals surface area contributed by atoms with E-state index in [2.05, 4.69) is 16.0 Å². The van der Waals surface area contributed by atoms with Gasteiger partial charge in [0.05, 0.1) is 30.4 Å². The fourth-order valence-electron chi connectivity index (χ4n) is 5.29. The molecule has 10 heteroatoms. The van der Waals surface area contributed by atoms with Crippen LogP contribution in [0.1, 0.15) is 43.4 Å². The van der Waals surface area contributed by atoms with E-state index >= 15 is 0 Å². The van der Waals surface area contributed by atoms with Gasteiger partial charge in [0.15, 0.2) is 0 Å². The van der Waals surface area contributed by atoms with Crippen LogP contribution in [0.4, 0.5) is 0 Å². The molecule has 0 radical (unpaired) electrons. The molecule has 1 aromatic carbocycles. The van der Waals surface area contributed by atoms with Gasteiger partial charge < -0.3 is 28.5 Å². The summed E-state index contributed by atoms with van der Waals surface area (Å²) in [5.74, 6) is 0.340. The number of nitrogens with zero attached hydrogens (tertiary/aromatic N) is 3. The highest BCUT2D eigenvalue weighted by atomic mass is 16.6. The van der Waals surface area contributed by atoms with Crippen molar-refractivity contribution in [2.45, 2.75) is 63.9 Å². The van der Waals surface area contributed by atoms with Crippen molar-refractivity contribution in [1.82, 2.24) is 19.4 Å². The number of rotatable bonds is 8. The molecule has 2 aliphatic heterocycles. The van der Waals surface area contributed by atoms with Crippen molar-refractivity contribution in [3.63, 3.8) is 0 Å². The van der Waals surface area contributed by atoms with Crippen molar-refractivity contribution < 1.29 is 24.1 Å². The molecule has 2 saturated heterocycles. The van der Waals surface area contributed by atoms with Gasteiger partial charge in [0.2, 0.25) is 0 Å². The molecule has 5 rings (SSSR count). The standard InChI is InChI=1S/C28H36N4O6/c1-17-12-20(15-31(3)27(17)34)26-30-23-13-19(4-5-24(23)32(26)21-6-9-36-10-7-21)14-29-25(18(2)33)28(35)38-22-8-11-37-16-22/h4-5,12-13,15,18,21-22,25,29,33H,6-11,14,16H2,1-3H3/t18?,22-,25?/m1/s1. The molecule has 2 aromatic heterocycles. The van der Waals surface area contributed by atoms with Gasteiger partial charge in [0.25, 0.3) is 5.56 Å². The van der Waals surface area contributed by atoms with Crippen LogP contribution in [-0.4, -0.2) is 69.9 Å². The number of carbonyl (C=O) groups is 1. The fourth-order valence-corrected chi connectivity index (χ4v) is 5.29. The van der Waals surface area contributed by atoms with Crippen molar-refractivity contribution in [2.75, 3.05) is 26.4 Å². The first-order valence-electron chi connectivity index (χ1n) is 13.3. The largest absolute Gasteiger partial charge is 0.459 e. The Labute approximate surface area is 221 Å². The molecule has 2 unspecified atom stereocenters. The summed E-state index contributed by atoms with van der Waals surface area (Å²) >= 11 is 0. The minimum atomic E-state index is -0.916. The highest BCUT2D eigenvalue weighted by molar-refractivity contribution is 5.82. The lowest BCUT2D eigenvalue weighted by Crippen LogP contribution is -2.46. The predicted octanol–water partition coefficient (Wildman–Crippen LogP) is 2.23. The topological polar surface area (TPSA) is 117 Å². The molecular weight excluding hydrogens is 488 g/mol. The van der Waals surface area contributed by atoms with Crippen molar-refractivity contribution in [3.05, 3.63) is 51.9 Å². The van der Waals surface area contributed by atoms with Gasteiger partial charge in [-0.25, -0.2) is 4.98 Å². The molecule has 2 aliphatic rings. The van der Waals surface area contributed by atoms with Crippen LogP contribution >= 0.6 is 0 Å². The number of pyridine rings is 1. The number of aromatic nitrogens is 3. The molecule has 2 N–H and O–H groups in total. The molecule has 3 aromatic rings. The maximum absolute atomic E-state index is 12.7. The van der Waals surface area contributed by atoms with Crippen molar-refractivity contribution in [1.29, 1.82) is 0 Å². The maximum atomic E-state index is 12.7. The number of hydrogen-bond acceptors (Lipinski definition) is 8. The number of aliphatic hydroxyl groups excluding tert-OH is 1. The van der Waals surface area contributed by atoms with Gasteiger partial charge in [-0.1, -0.05) is 6.07 Å². The van der Waals surface area contributed by atoms with Crippen LogP contribution in [0.15, 0.2) is 35.3 Å². The zero-order valence-corrected chi connectivity index (χ0v) is 22.2. The molecule has 2 fully saturated rings. The van der Waals surface area contributed by atoms with Crippen molar-refractivity contribution in [2.24, 2.45) is 7.05 Å². The van der Waals surface area contributed by atoms with E-state index in [-0.39, 0.29) is 17.7 Å². The highest BCUT2D eigenvalue weighted by Crippen LogP contribution is 2.33. The SMILES string of the molecule is Cc1cc(-c2nc3cc(CNC(C(=O)O[C@@H]4CCOC4)C(C)O)ccc3n2C2CCOCC2)cn(C)c1=O. The number of fused-ring (bicyclic) bond motifs is 1. The Balaban J connectivity index is 1.43. The number of aryl methyl sites for hydroxylation is 2. The van der Waals surface area contributed by atoms with Crippen LogP contribution in [0.2, 0.25) is 0 Å². The van der Waals surface area contributed by atoms with E-state index in [4.69, 9.17) is 19.2 Å². The minimum Gasteiger partial charge on any atom is -0.459 e. The summed E-state index contributed by atoms with van der Waals surface area (Å²) in [5.41, 5.74) is 4.30. The highest BCUT2D eigenvalue weighted by Gasteiger charge is 2.29. The number of esters is 1. The summed E-state index contributed by atoms with van der Waals surface area (Å²) in [6.45, 7) is 6.11. The third-order valence-electron chi connectivity index (χ3n) is 7.36. The van der Waals surface area contributed by atoms with Crippen LogP contribution in [-0.2, 0) is 32.6 Å². The van der Waals surface area contributed by atoms with Gasteiger partial charge in [0.1, 0.15) is 18.0 Å². The van der Waals surface area contributed by atoms with E-state index in [1.54, 1.807) is 18.5 Å². The number of imidazole rings is 1. The summed E-state index contributed by atoms with van der Waals surface area (Å²) in [6, 6.07) is 7.35. The lowest BCUT2D eigenvalue weighted by molar-refractivity contribution is -0.154. The van der Waals surface area contributed by atoms with Gasteiger partial charge in [-0.05, 0) is 50.5 Å². The number of benzene rings is 1. The summed E-state index contributed by atoms with van der Waals surface area (Å²) in [4.78, 5) is 30.0. The molecule has 0 aliphatic carbocycles. The molecule has 0 saturated carbocycles. The van der Waals surface area contributed by atoms with Crippen LogP contribution < -0.4 is 10.9 Å². The summed E-state index contributed by atoms with van der Waals surface area (Å²) < 4.78 is 20.3.